The molecule has 3 aromatic rings. The van der Waals surface area contributed by atoms with E-state index < -0.39 is 5.97 Å². The van der Waals surface area contributed by atoms with Gasteiger partial charge in [-0.2, -0.15) is 0 Å². The number of fused-ring (bicyclic) bond motifs is 1. The molecule has 0 atom stereocenters. The molecule has 3 aromatic heterocycles. The van der Waals surface area contributed by atoms with Gasteiger partial charge in [-0.3, -0.25) is 0 Å². The van der Waals surface area contributed by atoms with Crippen LogP contribution in [0.1, 0.15) is 43.4 Å². The number of carboxylic acids is 1. The van der Waals surface area contributed by atoms with E-state index in [2.05, 4.69) is 27.1 Å². The second-order valence-corrected chi connectivity index (χ2v) is 6.75. The second-order valence-electron chi connectivity index (χ2n) is 6.75. The van der Waals surface area contributed by atoms with Crippen LogP contribution in [-0.2, 0) is 11.2 Å². The van der Waals surface area contributed by atoms with Crippen LogP contribution in [0.5, 0.6) is 0 Å². The van der Waals surface area contributed by atoms with Crippen LogP contribution in [0.15, 0.2) is 54.9 Å². The molecule has 3 rings (SSSR count). The van der Waals surface area contributed by atoms with Crippen molar-refractivity contribution >= 4 is 28.4 Å². The number of carboxylic acid groups (broad SMARTS) is 1. The Morgan fingerprint density at radius 3 is 2.68 bits per heavy atom. The highest BCUT2D eigenvalue weighted by molar-refractivity contribution is 5.90. The summed E-state index contributed by atoms with van der Waals surface area (Å²) in [6.07, 6.45) is 10.4. The number of unbranched alkanes of at least 4 members (excludes halogenated alkanes) is 3. The lowest BCUT2D eigenvalue weighted by molar-refractivity contribution is -0.131. The number of nitrogens with two attached hydrogens (primary N) is 1. The lowest BCUT2D eigenvalue weighted by Crippen LogP contribution is -1.96. The molecule has 6 nitrogen and oxygen atoms in total. The molecule has 0 fully saturated rings. The van der Waals surface area contributed by atoms with Crippen molar-refractivity contribution in [3.63, 3.8) is 0 Å². The first-order chi connectivity index (χ1) is 13.6. The predicted molar refractivity (Wildman–Crippen MR) is 111 cm³/mol. The number of nitrogens with zero attached hydrogens (tertiary/aromatic N) is 3. The third-order valence-electron chi connectivity index (χ3n) is 4.61. The zero-order chi connectivity index (χ0) is 19.8. The fourth-order valence-electron chi connectivity index (χ4n) is 3.15. The second kappa shape index (κ2) is 9.60. The average Bonchev–Trinajstić information content (AvgIpc) is 2.70. The Kier molecular flexibility index (Phi) is 6.68. The van der Waals surface area contributed by atoms with Gasteiger partial charge in [-0.15, -0.1) is 0 Å². The molecule has 0 amide bonds. The summed E-state index contributed by atoms with van der Waals surface area (Å²) in [5.74, 6) is -0.515. The predicted octanol–water partition coefficient (Wildman–Crippen LogP) is 4.27. The summed E-state index contributed by atoms with van der Waals surface area (Å²) in [6, 6.07) is 11.6. The molecule has 28 heavy (non-hydrogen) atoms. The molecule has 0 aliphatic rings. The summed E-state index contributed by atoms with van der Waals surface area (Å²) < 4.78 is 0. The van der Waals surface area contributed by atoms with Crippen LogP contribution in [0.3, 0.4) is 0 Å². The largest absolute Gasteiger partial charge is 0.478 e. The number of rotatable bonds is 9. The number of aromatic nitrogens is 3. The molecule has 0 bridgehead atoms. The number of carbonyl (C=O) groups is 1. The molecule has 0 unspecified atom stereocenters. The standard InChI is InChI=1S/C22H24N4O2/c23-20-12-10-18(15-25-20)17(14-21(27)28)6-3-1-2-4-8-19-11-9-16-7-5-13-24-22(16)26-19/h5,7,9-15H,1-4,6,8H2,(H2,23,25)(H,27,28)/b17-14-. The zero-order valence-corrected chi connectivity index (χ0v) is 15.7. The van der Waals surface area contributed by atoms with Gasteiger partial charge in [0.15, 0.2) is 5.65 Å². The van der Waals surface area contributed by atoms with Crippen molar-refractivity contribution < 1.29 is 9.90 Å². The van der Waals surface area contributed by atoms with E-state index >= 15 is 0 Å². The van der Waals surface area contributed by atoms with Crippen LogP contribution in [0.4, 0.5) is 5.82 Å². The Balaban J connectivity index is 1.45. The normalized spacial score (nSPS) is 11.6. The van der Waals surface area contributed by atoms with Crippen molar-refractivity contribution in [1.29, 1.82) is 0 Å². The summed E-state index contributed by atoms with van der Waals surface area (Å²) in [5.41, 5.74) is 9.05. The van der Waals surface area contributed by atoms with Crippen molar-refractivity contribution in [2.45, 2.75) is 38.5 Å². The average molecular weight is 376 g/mol. The van der Waals surface area contributed by atoms with Crippen LogP contribution in [0, 0.1) is 0 Å². The Morgan fingerprint density at radius 1 is 1.04 bits per heavy atom. The van der Waals surface area contributed by atoms with Crippen molar-refractivity contribution in [3.05, 3.63) is 66.1 Å². The third kappa shape index (κ3) is 5.61. The highest BCUT2D eigenvalue weighted by atomic mass is 16.4. The summed E-state index contributed by atoms with van der Waals surface area (Å²) in [5, 5.41) is 10.2. The fraction of sp³-hybridized carbons (Fsp3) is 0.273. The molecule has 6 heteroatoms. The van der Waals surface area contributed by atoms with Gasteiger partial charge in [0.2, 0.25) is 0 Å². The first-order valence-electron chi connectivity index (χ1n) is 9.48. The molecular weight excluding hydrogens is 352 g/mol. The summed E-state index contributed by atoms with van der Waals surface area (Å²) in [4.78, 5) is 24.1. The number of allylic oxidation sites excluding steroid dienone is 1. The van der Waals surface area contributed by atoms with Gasteiger partial charge >= 0.3 is 5.97 Å². The number of hydrogen-bond acceptors (Lipinski definition) is 5. The molecule has 144 valence electrons. The number of anilines is 1. The van der Waals surface area contributed by atoms with Crippen molar-refractivity contribution in [2.24, 2.45) is 0 Å². The number of hydrogen-bond donors (Lipinski definition) is 2. The zero-order valence-electron chi connectivity index (χ0n) is 15.7. The smallest absolute Gasteiger partial charge is 0.328 e. The molecule has 0 aromatic carbocycles. The Bertz CT molecular complexity index is 968. The van der Waals surface area contributed by atoms with E-state index in [1.54, 1.807) is 18.5 Å². The molecule has 3 heterocycles. The first kappa shape index (κ1) is 19.5. The van der Waals surface area contributed by atoms with Gasteiger partial charge in [-0.05, 0) is 73.2 Å². The monoisotopic (exact) mass is 376 g/mol. The van der Waals surface area contributed by atoms with Gasteiger partial charge in [0.05, 0.1) is 0 Å². The van der Waals surface area contributed by atoms with E-state index in [1.807, 2.05) is 18.2 Å². The Labute approximate surface area is 164 Å². The van der Waals surface area contributed by atoms with Gasteiger partial charge in [0.25, 0.3) is 0 Å². The Hall–Kier alpha value is -3.28. The minimum Gasteiger partial charge on any atom is -0.478 e. The molecular formula is C22H24N4O2. The van der Waals surface area contributed by atoms with Crippen LogP contribution >= 0.6 is 0 Å². The van der Waals surface area contributed by atoms with Crippen LogP contribution in [0.2, 0.25) is 0 Å². The van der Waals surface area contributed by atoms with E-state index in [9.17, 15) is 4.79 Å². The van der Waals surface area contributed by atoms with Crippen LogP contribution in [0.25, 0.3) is 16.6 Å². The maximum atomic E-state index is 11.1. The van der Waals surface area contributed by atoms with Gasteiger partial charge in [0.1, 0.15) is 5.82 Å². The van der Waals surface area contributed by atoms with Gasteiger partial charge in [-0.25, -0.2) is 19.7 Å². The Morgan fingerprint density at radius 2 is 1.89 bits per heavy atom. The molecule has 0 aliphatic heterocycles. The first-order valence-corrected chi connectivity index (χ1v) is 9.48. The molecule has 0 radical (unpaired) electrons. The minimum atomic E-state index is -0.942. The molecule has 0 spiro atoms. The van der Waals surface area contributed by atoms with Gasteiger partial charge in [-0.1, -0.05) is 12.8 Å². The molecule has 3 N–H and O–H groups in total. The SMILES string of the molecule is Nc1ccc(/C(=C\C(=O)O)CCCCCCc2ccc3cccnc3n2)cn1. The van der Waals surface area contributed by atoms with E-state index in [0.29, 0.717) is 12.2 Å². The number of aliphatic carboxylic acids is 1. The highest BCUT2D eigenvalue weighted by Gasteiger charge is 2.06. The highest BCUT2D eigenvalue weighted by Crippen LogP contribution is 2.22. The van der Waals surface area contributed by atoms with Crippen molar-refractivity contribution in [1.82, 2.24) is 15.0 Å². The fourth-order valence-corrected chi connectivity index (χ4v) is 3.15. The van der Waals surface area contributed by atoms with Crippen LogP contribution in [-0.4, -0.2) is 26.0 Å². The van der Waals surface area contributed by atoms with Crippen molar-refractivity contribution in [2.75, 3.05) is 5.73 Å². The lowest BCUT2D eigenvalue weighted by Gasteiger charge is -2.08. The maximum Gasteiger partial charge on any atom is 0.328 e. The van der Waals surface area contributed by atoms with E-state index in [4.69, 9.17) is 10.8 Å². The summed E-state index contributed by atoms with van der Waals surface area (Å²) in [7, 11) is 0. The number of pyridine rings is 3. The lowest BCUT2D eigenvalue weighted by atomic mass is 9.99. The van der Waals surface area contributed by atoms with E-state index in [1.165, 1.54) is 6.08 Å². The third-order valence-corrected chi connectivity index (χ3v) is 4.61. The molecule has 0 aliphatic carbocycles. The number of nitrogen functional groups attached to an aromatic ring is 1. The minimum absolute atomic E-state index is 0.427. The molecule has 0 saturated heterocycles. The van der Waals surface area contributed by atoms with Crippen LogP contribution < -0.4 is 5.73 Å². The topological polar surface area (TPSA) is 102 Å². The van der Waals surface area contributed by atoms with E-state index in [0.717, 1.165) is 60.0 Å². The van der Waals surface area contributed by atoms with Gasteiger partial charge < -0.3 is 10.8 Å². The quantitative estimate of drug-likeness (QED) is 0.427. The van der Waals surface area contributed by atoms with Gasteiger partial charge in [0, 0.05) is 29.5 Å². The summed E-state index contributed by atoms with van der Waals surface area (Å²) in [6.45, 7) is 0. The van der Waals surface area contributed by atoms with Crippen molar-refractivity contribution in [3.8, 4) is 0 Å². The maximum absolute atomic E-state index is 11.1. The van der Waals surface area contributed by atoms with E-state index in [-0.39, 0.29) is 0 Å². The summed E-state index contributed by atoms with van der Waals surface area (Å²) >= 11 is 0. The number of aryl methyl sites for hydroxylation is 1. The molecule has 0 saturated carbocycles.